The number of aliphatic hydroxyl groups excluding tert-OH is 1. The van der Waals surface area contributed by atoms with E-state index >= 15 is 0 Å². The van der Waals surface area contributed by atoms with E-state index in [1.54, 1.807) is 24.3 Å². The average molecular weight is 390 g/mol. The SMILES string of the molecule is O=S(=O)(NCc1cc(Br)cs1)c1ccc(CCCO)cc1. The van der Waals surface area contributed by atoms with Crippen LogP contribution in [-0.2, 0) is 23.0 Å². The maximum atomic E-state index is 12.2. The van der Waals surface area contributed by atoms with Crippen LogP contribution in [0.5, 0.6) is 0 Å². The molecule has 21 heavy (non-hydrogen) atoms. The zero-order valence-corrected chi connectivity index (χ0v) is 14.5. The molecular weight excluding hydrogens is 374 g/mol. The zero-order valence-electron chi connectivity index (χ0n) is 11.3. The molecule has 1 aromatic carbocycles. The lowest BCUT2D eigenvalue weighted by molar-refractivity contribution is 0.288. The van der Waals surface area contributed by atoms with Crippen LogP contribution in [0, 0.1) is 0 Å². The van der Waals surface area contributed by atoms with Crippen molar-refractivity contribution in [3.8, 4) is 0 Å². The first-order valence-corrected chi connectivity index (χ1v) is 9.59. The Hall–Kier alpha value is -0.730. The maximum Gasteiger partial charge on any atom is 0.240 e. The zero-order chi connectivity index (χ0) is 15.3. The molecule has 0 saturated heterocycles. The summed E-state index contributed by atoms with van der Waals surface area (Å²) in [4.78, 5) is 1.20. The molecule has 0 saturated carbocycles. The molecule has 0 spiro atoms. The Morgan fingerprint density at radius 3 is 2.52 bits per heavy atom. The van der Waals surface area contributed by atoms with E-state index in [0.29, 0.717) is 6.42 Å². The Labute approximate surface area is 137 Å². The van der Waals surface area contributed by atoms with E-state index in [0.717, 1.165) is 21.3 Å². The quantitative estimate of drug-likeness (QED) is 0.764. The third-order valence-corrected chi connectivity index (χ3v) is 6.03. The van der Waals surface area contributed by atoms with E-state index in [2.05, 4.69) is 20.7 Å². The number of rotatable bonds is 7. The second-order valence-corrected chi connectivity index (χ2v) is 8.21. The number of benzene rings is 1. The number of aryl methyl sites for hydroxylation is 1. The van der Waals surface area contributed by atoms with Crippen LogP contribution in [0.4, 0.5) is 0 Å². The molecule has 2 N–H and O–H groups in total. The summed E-state index contributed by atoms with van der Waals surface area (Å²) >= 11 is 4.84. The summed E-state index contributed by atoms with van der Waals surface area (Å²) in [6, 6.07) is 8.65. The lowest BCUT2D eigenvalue weighted by atomic mass is 10.1. The Bertz CT molecular complexity index is 680. The van der Waals surface area contributed by atoms with Crippen molar-refractivity contribution < 1.29 is 13.5 Å². The monoisotopic (exact) mass is 389 g/mol. The minimum absolute atomic E-state index is 0.137. The van der Waals surface area contributed by atoms with Gasteiger partial charge in [-0.1, -0.05) is 12.1 Å². The number of hydrogen-bond acceptors (Lipinski definition) is 4. The third kappa shape index (κ3) is 4.89. The van der Waals surface area contributed by atoms with Crippen molar-refractivity contribution in [2.75, 3.05) is 6.61 Å². The van der Waals surface area contributed by atoms with Crippen molar-refractivity contribution in [2.24, 2.45) is 0 Å². The van der Waals surface area contributed by atoms with Crippen LogP contribution in [0.1, 0.15) is 16.9 Å². The fourth-order valence-electron chi connectivity index (χ4n) is 1.81. The van der Waals surface area contributed by atoms with Gasteiger partial charge in [-0.3, -0.25) is 0 Å². The molecule has 7 heteroatoms. The Morgan fingerprint density at radius 1 is 1.24 bits per heavy atom. The van der Waals surface area contributed by atoms with Gasteiger partial charge in [0.1, 0.15) is 0 Å². The fourth-order valence-corrected chi connectivity index (χ4v) is 4.30. The first-order chi connectivity index (χ1) is 10.0. The van der Waals surface area contributed by atoms with Gasteiger partial charge in [-0.05, 0) is 52.5 Å². The number of sulfonamides is 1. The summed E-state index contributed by atoms with van der Waals surface area (Å²) in [6.45, 7) is 0.419. The minimum Gasteiger partial charge on any atom is -0.396 e. The highest BCUT2D eigenvalue weighted by atomic mass is 79.9. The molecule has 0 unspecified atom stereocenters. The molecule has 0 fully saturated rings. The summed E-state index contributed by atoms with van der Waals surface area (Å²) < 4.78 is 27.9. The highest BCUT2D eigenvalue weighted by molar-refractivity contribution is 9.10. The van der Waals surface area contributed by atoms with E-state index < -0.39 is 10.0 Å². The molecule has 0 aliphatic carbocycles. The average Bonchev–Trinajstić information content (AvgIpc) is 2.89. The van der Waals surface area contributed by atoms with E-state index in [1.807, 2.05) is 11.4 Å². The van der Waals surface area contributed by atoms with Gasteiger partial charge >= 0.3 is 0 Å². The first kappa shape index (κ1) is 16.6. The molecule has 0 amide bonds. The molecule has 0 atom stereocenters. The number of hydrogen-bond donors (Lipinski definition) is 2. The van der Waals surface area contributed by atoms with Crippen molar-refractivity contribution in [1.82, 2.24) is 4.72 Å². The van der Waals surface area contributed by atoms with E-state index in [9.17, 15) is 8.42 Å². The number of halogens is 1. The van der Waals surface area contributed by atoms with E-state index in [1.165, 1.54) is 11.3 Å². The summed E-state index contributed by atoms with van der Waals surface area (Å²) in [6.07, 6.45) is 1.42. The standard InChI is InChI=1S/C14H16BrNO3S2/c15-12-8-13(20-10-12)9-16-21(18,19)14-5-3-11(4-6-14)2-1-7-17/h3-6,8,10,16-17H,1-2,7,9H2. The van der Waals surface area contributed by atoms with Gasteiger partial charge in [-0.25, -0.2) is 13.1 Å². The normalized spacial score (nSPS) is 11.7. The van der Waals surface area contributed by atoms with E-state index in [-0.39, 0.29) is 18.0 Å². The van der Waals surface area contributed by atoms with Gasteiger partial charge in [0, 0.05) is 27.9 Å². The predicted octanol–water partition coefficient (Wildman–Crippen LogP) is 2.91. The fraction of sp³-hybridized carbons (Fsp3) is 0.286. The van der Waals surface area contributed by atoms with Crippen molar-refractivity contribution in [3.63, 3.8) is 0 Å². The molecule has 2 rings (SSSR count). The van der Waals surface area contributed by atoms with Crippen LogP contribution in [0.25, 0.3) is 0 Å². The summed E-state index contributed by atoms with van der Waals surface area (Å²) in [7, 11) is -3.49. The van der Waals surface area contributed by atoms with Crippen molar-refractivity contribution in [2.45, 2.75) is 24.3 Å². The van der Waals surface area contributed by atoms with E-state index in [4.69, 9.17) is 5.11 Å². The molecule has 1 heterocycles. The Balaban J connectivity index is 2.01. The minimum atomic E-state index is -3.49. The van der Waals surface area contributed by atoms with Gasteiger partial charge in [0.15, 0.2) is 0 Å². The van der Waals surface area contributed by atoms with Crippen LogP contribution in [0.15, 0.2) is 45.1 Å². The van der Waals surface area contributed by atoms with Crippen LogP contribution in [0.2, 0.25) is 0 Å². The molecule has 4 nitrogen and oxygen atoms in total. The Morgan fingerprint density at radius 2 is 1.95 bits per heavy atom. The van der Waals surface area contributed by atoms with Gasteiger partial charge in [0.05, 0.1) is 4.90 Å². The van der Waals surface area contributed by atoms with Gasteiger partial charge in [-0.15, -0.1) is 11.3 Å². The Kier molecular flexibility index (Phi) is 5.95. The molecule has 0 aliphatic heterocycles. The van der Waals surface area contributed by atoms with Crippen LogP contribution in [0.3, 0.4) is 0 Å². The topological polar surface area (TPSA) is 66.4 Å². The second-order valence-electron chi connectivity index (χ2n) is 4.53. The van der Waals surface area contributed by atoms with Crippen molar-refractivity contribution >= 4 is 37.3 Å². The molecule has 1 aromatic heterocycles. The van der Waals surface area contributed by atoms with Crippen molar-refractivity contribution in [3.05, 3.63) is 50.6 Å². The first-order valence-electron chi connectivity index (χ1n) is 6.43. The lowest BCUT2D eigenvalue weighted by Gasteiger charge is -2.07. The van der Waals surface area contributed by atoms with Crippen LogP contribution < -0.4 is 4.72 Å². The summed E-state index contributed by atoms with van der Waals surface area (Å²) in [5.41, 5.74) is 1.02. The lowest BCUT2D eigenvalue weighted by Crippen LogP contribution is -2.22. The van der Waals surface area contributed by atoms with Gasteiger partial charge in [0.25, 0.3) is 0 Å². The smallest absolute Gasteiger partial charge is 0.240 e. The molecule has 114 valence electrons. The summed E-state index contributed by atoms with van der Waals surface area (Å²) in [5.74, 6) is 0. The van der Waals surface area contributed by atoms with Gasteiger partial charge in [-0.2, -0.15) is 0 Å². The molecular formula is C14H16BrNO3S2. The second kappa shape index (κ2) is 7.51. The highest BCUT2D eigenvalue weighted by Gasteiger charge is 2.13. The number of aliphatic hydroxyl groups is 1. The molecule has 0 radical (unpaired) electrons. The molecule has 0 aliphatic rings. The molecule has 0 bridgehead atoms. The molecule has 2 aromatic rings. The van der Waals surface area contributed by atoms with Crippen LogP contribution >= 0.6 is 27.3 Å². The number of nitrogens with one attached hydrogen (secondary N) is 1. The highest BCUT2D eigenvalue weighted by Crippen LogP contribution is 2.20. The largest absolute Gasteiger partial charge is 0.396 e. The number of thiophene rings is 1. The maximum absolute atomic E-state index is 12.2. The van der Waals surface area contributed by atoms with Gasteiger partial charge in [0.2, 0.25) is 10.0 Å². The van der Waals surface area contributed by atoms with Crippen LogP contribution in [-0.4, -0.2) is 20.1 Å². The third-order valence-electron chi connectivity index (χ3n) is 2.92. The summed E-state index contributed by atoms with van der Waals surface area (Å²) in [5, 5.41) is 10.7. The predicted molar refractivity (Wildman–Crippen MR) is 87.9 cm³/mol. The van der Waals surface area contributed by atoms with Crippen molar-refractivity contribution in [1.29, 1.82) is 0 Å². The van der Waals surface area contributed by atoms with Gasteiger partial charge < -0.3 is 5.11 Å².